The van der Waals surface area contributed by atoms with Gasteiger partial charge in [0.2, 0.25) is 0 Å². The van der Waals surface area contributed by atoms with Crippen molar-refractivity contribution in [1.82, 2.24) is 0 Å². The van der Waals surface area contributed by atoms with Crippen molar-refractivity contribution in [3.05, 3.63) is 0 Å². The first-order chi connectivity index (χ1) is 6.15. The van der Waals surface area contributed by atoms with E-state index in [2.05, 4.69) is 4.89 Å². The maximum absolute atomic E-state index is 10.8. The van der Waals surface area contributed by atoms with Gasteiger partial charge in [-0.3, -0.25) is 0 Å². The highest BCUT2D eigenvalue weighted by Gasteiger charge is 2.49. The van der Waals surface area contributed by atoms with Crippen LogP contribution in [0.2, 0.25) is 0 Å². The fourth-order valence-electron chi connectivity index (χ4n) is 0.903. The van der Waals surface area contributed by atoms with E-state index in [-0.39, 0.29) is 0 Å². The molecule has 82 valence electrons. The van der Waals surface area contributed by atoms with Crippen molar-refractivity contribution in [1.29, 1.82) is 0 Å². The number of carboxylic acid groups (broad SMARTS) is 1. The zero-order valence-corrected chi connectivity index (χ0v) is 8.27. The largest absolute Gasteiger partial charge is 0.479 e. The first kappa shape index (κ1) is 12.9. The van der Waals surface area contributed by atoms with E-state index in [0.717, 1.165) is 0 Å². The zero-order valence-electron chi connectivity index (χ0n) is 8.27. The normalized spacial score (nSPS) is 15.8. The van der Waals surface area contributed by atoms with Gasteiger partial charge in [0, 0.05) is 5.41 Å². The molecule has 0 fully saturated rings. The smallest absolute Gasteiger partial charge is 0.345 e. The molecule has 0 aliphatic heterocycles. The van der Waals surface area contributed by atoms with Crippen molar-refractivity contribution < 1.29 is 29.9 Å². The Hall–Kier alpha value is -1.14. The Morgan fingerprint density at radius 2 is 1.71 bits per heavy atom. The maximum Gasteiger partial charge on any atom is 0.345 e. The molecule has 0 aromatic heterocycles. The Morgan fingerprint density at radius 1 is 1.29 bits per heavy atom. The fraction of sp³-hybridized carbons (Fsp3) is 0.750. The van der Waals surface area contributed by atoms with Gasteiger partial charge in [-0.05, 0) is 0 Å². The molecule has 1 unspecified atom stereocenters. The second-order valence-electron chi connectivity index (χ2n) is 4.06. The molecule has 6 nitrogen and oxygen atoms in total. The van der Waals surface area contributed by atoms with Crippen molar-refractivity contribution >= 4 is 11.9 Å². The molecule has 0 saturated heterocycles. The zero-order chi connectivity index (χ0) is 11.6. The summed E-state index contributed by atoms with van der Waals surface area (Å²) >= 11 is 0. The molecule has 0 amide bonds. The van der Waals surface area contributed by atoms with Gasteiger partial charge in [0.1, 0.15) is 0 Å². The molecule has 3 N–H and O–H groups in total. The number of carbonyl (C=O) groups is 2. The molecule has 0 saturated carbocycles. The van der Waals surface area contributed by atoms with Crippen LogP contribution in [0.25, 0.3) is 0 Å². The van der Waals surface area contributed by atoms with Gasteiger partial charge in [-0.15, -0.1) is 0 Å². The summed E-state index contributed by atoms with van der Waals surface area (Å²) in [6, 6.07) is 0. The summed E-state index contributed by atoms with van der Waals surface area (Å²) in [5.74, 6) is -2.72. The summed E-state index contributed by atoms with van der Waals surface area (Å²) in [6.45, 7) is 4.39. The van der Waals surface area contributed by atoms with Gasteiger partial charge in [-0.25, -0.2) is 9.59 Å². The lowest BCUT2D eigenvalue weighted by Gasteiger charge is -2.35. The quantitative estimate of drug-likeness (QED) is 0.451. The minimum Gasteiger partial charge on any atom is -0.479 e. The number of rotatable bonds is 3. The second kappa shape index (κ2) is 3.93. The highest BCUT2D eigenvalue weighted by Crippen LogP contribution is 2.33. The molecule has 0 bridgehead atoms. The van der Waals surface area contributed by atoms with Crippen LogP contribution < -0.4 is 0 Å². The lowest BCUT2D eigenvalue weighted by atomic mass is 9.74. The topological polar surface area (TPSA) is 104 Å². The molecule has 0 heterocycles. The lowest BCUT2D eigenvalue weighted by molar-refractivity contribution is -0.241. The monoisotopic (exact) mass is 206 g/mol. The minimum absolute atomic E-state index is 0.803. The van der Waals surface area contributed by atoms with Crippen molar-refractivity contribution in [2.45, 2.75) is 32.8 Å². The molecule has 1 atom stereocenters. The summed E-state index contributed by atoms with van der Waals surface area (Å²) in [7, 11) is 0. The van der Waals surface area contributed by atoms with Crippen LogP contribution in [0.4, 0.5) is 0 Å². The number of carbonyl (C=O) groups excluding carboxylic acids is 1. The van der Waals surface area contributed by atoms with Gasteiger partial charge in [0.05, 0.1) is 6.42 Å². The summed E-state index contributed by atoms with van der Waals surface area (Å²) in [5.41, 5.74) is -3.31. The van der Waals surface area contributed by atoms with Crippen molar-refractivity contribution in [3.63, 3.8) is 0 Å². The standard InChI is InChI=1S/C8H14O6/c1-7(2,3)8(12,6(10)11)4-5(9)14-13/h12-13H,4H2,1-3H3,(H,10,11). The molecule has 6 heteroatoms. The molecule has 0 spiro atoms. The summed E-state index contributed by atoms with van der Waals surface area (Å²) < 4.78 is 0. The predicted molar refractivity (Wildman–Crippen MR) is 45.4 cm³/mol. The van der Waals surface area contributed by atoms with Crippen LogP contribution in [0.1, 0.15) is 27.2 Å². The van der Waals surface area contributed by atoms with Crippen molar-refractivity contribution in [2.75, 3.05) is 0 Å². The number of hydrogen-bond donors (Lipinski definition) is 3. The minimum atomic E-state index is -2.26. The highest BCUT2D eigenvalue weighted by molar-refractivity contribution is 5.85. The Labute approximate surface area is 81.0 Å². The van der Waals surface area contributed by atoms with Crippen LogP contribution in [0.5, 0.6) is 0 Å². The average Bonchev–Trinajstić information content (AvgIpc) is 2.01. The van der Waals surface area contributed by atoms with Gasteiger partial charge in [0.25, 0.3) is 0 Å². The molecule has 0 aromatic rings. The van der Waals surface area contributed by atoms with E-state index in [4.69, 9.17) is 10.4 Å². The van der Waals surface area contributed by atoms with Crippen LogP contribution in [0.3, 0.4) is 0 Å². The summed E-state index contributed by atoms with van der Waals surface area (Å²) in [6.07, 6.45) is -0.803. The van der Waals surface area contributed by atoms with Crippen molar-refractivity contribution in [3.8, 4) is 0 Å². The van der Waals surface area contributed by atoms with Gasteiger partial charge in [-0.1, -0.05) is 20.8 Å². The Balaban J connectivity index is 4.93. The second-order valence-corrected chi connectivity index (χ2v) is 4.06. The van der Waals surface area contributed by atoms with E-state index in [0.29, 0.717) is 0 Å². The van der Waals surface area contributed by atoms with E-state index in [1.165, 1.54) is 20.8 Å². The summed E-state index contributed by atoms with van der Waals surface area (Å²) in [4.78, 5) is 24.8. The van der Waals surface area contributed by atoms with Crippen molar-refractivity contribution in [2.24, 2.45) is 5.41 Å². The Bertz CT molecular complexity index is 241. The Morgan fingerprint density at radius 3 is 1.93 bits per heavy atom. The molecular weight excluding hydrogens is 192 g/mol. The van der Waals surface area contributed by atoms with Crippen LogP contribution >= 0.6 is 0 Å². The van der Waals surface area contributed by atoms with Crippen LogP contribution in [-0.4, -0.2) is 33.0 Å². The molecule has 0 aromatic carbocycles. The molecule has 0 rings (SSSR count). The SMILES string of the molecule is CC(C)(C)C(O)(CC(=O)OO)C(=O)O. The van der Waals surface area contributed by atoms with Gasteiger partial charge >= 0.3 is 11.9 Å². The first-order valence-electron chi connectivity index (χ1n) is 3.95. The first-order valence-corrected chi connectivity index (χ1v) is 3.95. The number of aliphatic carboxylic acids is 1. The Kier molecular flexibility index (Phi) is 3.61. The maximum atomic E-state index is 10.8. The third-order valence-corrected chi connectivity index (χ3v) is 2.10. The van der Waals surface area contributed by atoms with E-state index in [1.807, 2.05) is 0 Å². The van der Waals surface area contributed by atoms with E-state index < -0.39 is 29.4 Å². The fourth-order valence-corrected chi connectivity index (χ4v) is 0.903. The van der Waals surface area contributed by atoms with E-state index in [9.17, 15) is 14.7 Å². The molecular formula is C8H14O6. The van der Waals surface area contributed by atoms with Crippen LogP contribution in [0, 0.1) is 5.41 Å². The highest BCUT2D eigenvalue weighted by atomic mass is 17.1. The van der Waals surface area contributed by atoms with E-state index in [1.54, 1.807) is 0 Å². The number of aliphatic hydroxyl groups is 1. The average molecular weight is 206 g/mol. The molecule has 0 aliphatic rings. The third kappa shape index (κ3) is 2.43. The van der Waals surface area contributed by atoms with Gasteiger partial charge in [-0.2, -0.15) is 5.26 Å². The van der Waals surface area contributed by atoms with Gasteiger partial charge in [0.15, 0.2) is 5.60 Å². The van der Waals surface area contributed by atoms with Crippen LogP contribution in [-0.2, 0) is 14.5 Å². The summed E-state index contributed by atoms with van der Waals surface area (Å²) in [5, 5.41) is 26.5. The lowest BCUT2D eigenvalue weighted by Crippen LogP contribution is -2.51. The number of carboxylic acids is 1. The molecule has 14 heavy (non-hydrogen) atoms. The third-order valence-electron chi connectivity index (χ3n) is 2.10. The predicted octanol–water partition coefficient (Wildman–Crippen LogP) is 0.254. The molecule has 0 aliphatic carbocycles. The van der Waals surface area contributed by atoms with Crippen LogP contribution in [0.15, 0.2) is 0 Å². The van der Waals surface area contributed by atoms with E-state index >= 15 is 0 Å². The number of hydrogen-bond acceptors (Lipinski definition) is 5. The van der Waals surface area contributed by atoms with Gasteiger partial charge < -0.3 is 15.1 Å². The molecule has 0 radical (unpaired) electrons.